The van der Waals surface area contributed by atoms with E-state index in [9.17, 15) is 0 Å². The largest absolute Gasteiger partial charge is 0.357 e. The summed E-state index contributed by atoms with van der Waals surface area (Å²) in [5, 5.41) is 6.67. The lowest BCUT2D eigenvalue weighted by molar-refractivity contribution is 0.813. The standard InChI is InChI=1S/C18H23N3/c1-3-19-18(20-13-16-10-5-4-6-11-16)21-14-17-12-8-7-9-15(17)2/h4-12H,3,13-14H2,1-2H3,(H2,19,20,21). The van der Waals surface area contributed by atoms with Crippen LogP contribution in [0.1, 0.15) is 23.6 Å². The van der Waals surface area contributed by atoms with Crippen molar-refractivity contribution >= 4 is 5.96 Å². The molecule has 0 aliphatic carbocycles. The van der Waals surface area contributed by atoms with Gasteiger partial charge in [0.05, 0.1) is 6.54 Å². The summed E-state index contributed by atoms with van der Waals surface area (Å²) >= 11 is 0. The highest BCUT2D eigenvalue weighted by Gasteiger charge is 2.00. The fourth-order valence-corrected chi connectivity index (χ4v) is 2.08. The minimum Gasteiger partial charge on any atom is -0.357 e. The van der Waals surface area contributed by atoms with E-state index in [2.05, 4.69) is 65.9 Å². The molecule has 0 spiro atoms. The Morgan fingerprint density at radius 1 is 0.952 bits per heavy atom. The van der Waals surface area contributed by atoms with E-state index in [1.165, 1.54) is 16.7 Å². The Balaban J connectivity index is 1.97. The van der Waals surface area contributed by atoms with Crippen LogP contribution in [0, 0.1) is 6.92 Å². The quantitative estimate of drug-likeness (QED) is 0.652. The molecule has 2 rings (SSSR count). The number of aryl methyl sites for hydroxylation is 1. The van der Waals surface area contributed by atoms with Crippen LogP contribution in [0.15, 0.2) is 59.6 Å². The van der Waals surface area contributed by atoms with Gasteiger partial charge < -0.3 is 10.6 Å². The topological polar surface area (TPSA) is 36.4 Å². The van der Waals surface area contributed by atoms with Gasteiger partial charge in [0.25, 0.3) is 0 Å². The summed E-state index contributed by atoms with van der Waals surface area (Å²) < 4.78 is 0. The van der Waals surface area contributed by atoms with Crippen molar-refractivity contribution in [2.24, 2.45) is 4.99 Å². The van der Waals surface area contributed by atoms with Crippen LogP contribution in [0.4, 0.5) is 0 Å². The first kappa shape index (κ1) is 15.1. The van der Waals surface area contributed by atoms with Crippen molar-refractivity contribution in [1.82, 2.24) is 10.6 Å². The fourth-order valence-electron chi connectivity index (χ4n) is 2.08. The van der Waals surface area contributed by atoms with Crippen LogP contribution < -0.4 is 10.6 Å². The normalized spacial score (nSPS) is 11.2. The zero-order chi connectivity index (χ0) is 14.9. The van der Waals surface area contributed by atoms with Gasteiger partial charge in [-0.2, -0.15) is 0 Å². The number of hydrogen-bond donors (Lipinski definition) is 2. The monoisotopic (exact) mass is 281 g/mol. The lowest BCUT2D eigenvalue weighted by Gasteiger charge is -2.12. The highest BCUT2D eigenvalue weighted by Crippen LogP contribution is 2.06. The van der Waals surface area contributed by atoms with E-state index in [1.807, 2.05) is 18.2 Å². The molecule has 0 aliphatic rings. The molecular weight excluding hydrogens is 258 g/mol. The molecule has 3 heteroatoms. The lowest BCUT2D eigenvalue weighted by Crippen LogP contribution is -2.36. The molecule has 0 heterocycles. The van der Waals surface area contributed by atoms with Crippen LogP contribution in [0.3, 0.4) is 0 Å². The van der Waals surface area contributed by atoms with E-state index in [0.717, 1.165) is 19.0 Å². The van der Waals surface area contributed by atoms with E-state index in [0.29, 0.717) is 6.54 Å². The van der Waals surface area contributed by atoms with E-state index in [4.69, 9.17) is 0 Å². The van der Waals surface area contributed by atoms with Gasteiger partial charge in [0.15, 0.2) is 5.96 Å². The highest BCUT2D eigenvalue weighted by atomic mass is 15.2. The number of guanidine groups is 1. The lowest BCUT2D eigenvalue weighted by atomic mass is 10.1. The van der Waals surface area contributed by atoms with Gasteiger partial charge >= 0.3 is 0 Å². The molecule has 3 nitrogen and oxygen atoms in total. The molecule has 110 valence electrons. The molecule has 0 radical (unpaired) electrons. The van der Waals surface area contributed by atoms with Crippen LogP contribution in [0.25, 0.3) is 0 Å². The SMILES string of the molecule is CCNC(=NCc1ccccc1)NCc1ccccc1C. The summed E-state index contributed by atoms with van der Waals surface area (Å²) in [6.45, 7) is 6.53. The van der Waals surface area contributed by atoms with Crippen molar-refractivity contribution in [1.29, 1.82) is 0 Å². The smallest absolute Gasteiger partial charge is 0.191 e. The third-order valence-electron chi connectivity index (χ3n) is 3.31. The Morgan fingerprint density at radius 2 is 1.67 bits per heavy atom. The number of hydrogen-bond acceptors (Lipinski definition) is 1. The van der Waals surface area contributed by atoms with Crippen molar-refractivity contribution in [2.45, 2.75) is 26.9 Å². The zero-order valence-electron chi connectivity index (χ0n) is 12.8. The van der Waals surface area contributed by atoms with E-state index < -0.39 is 0 Å². The Bertz CT molecular complexity index is 576. The molecule has 0 fully saturated rings. The summed E-state index contributed by atoms with van der Waals surface area (Å²) in [6, 6.07) is 18.7. The maximum atomic E-state index is 4.62. The minimum absolute atomic E-state index is 0.684. The second-order valence-corrected chi connectivity index (χ2v) is 4.96. The number of nitrogens with one attached hydrogen (secondary N) is 2. The summed E-state index contributed by atoms with van der Waals surface area (Å²) in [5.74, 6) is 0.851. The van der Waals surface area contributed by atoms with E-state index in [-0.39, 0.29) is 0 Å². The molecule has 0 aromatic heterocycles. The number of nitrogens with zero attached hydrogens (tertiary/aromatic N) is 1. The average Bonchev–Trinajstić information content (AvgIpc) is 2.52. The van der Waals surface area contributed by atoms with Crippen LogP contribution in [0.5, 0.6) is 0 Å². The third kappa shape index (κ3) is 4.95. The predicted molar refractivity (Wildman–Crippen MR) is 89.3 cm³/mol. The second-order valence-electron chi connectivity index (χ2n) is 4.96. The number of aliphatic imine (C=N–C) groups is 1. The minimum atomic E-state index is 0.684. The Hall–Kier alpha value is -2.29. The van der Waals surface area contributed by atoms with Crippen LogP contribution in [-0.4, -0.2) is 12.5 Å². The van der Waals surface area contributed by atoms with Crippen LogP contribution in [0.2, 0.25) is 0 Å². The average molecular weight is 281 g/mol. The summed E-state index contributed by atoms with van der Waals surface area (Å²) in [4.78, 5) is 4.62. The first-order chi connectivity index (χ1) is 10.3. The molecule has 0 saturated carbocycles. The molecule has 0 saturated heterocycles. The zero-order valence-corrected chi connectivity index (χ0v) is 12.8. The maximum absolute atomic E-state index is 4.62. The number of benzene rings is 2. The van der Waals surface area contributed by atoms with Gasteiger partial charge in [-0.15, -0.1) is 0 Å². The molecule has 2 aromatic carbocycles. The van der Waals surface area contributed by atoms with Gasteiger partial charge in [-0.1, -0.05) is 54.6 Å². The second kappa shape index (κ2) is 8.10. The van der Waals surface area contributed by atoms with Crippen molar-refractivity contribution < 1.29 is 0 Å². The maximum Gasteiger partial charge on any atom is 0.191 e. The summed E-state index contributed by atoms with van der Waals surface area (Å²) in [7, 11) is 0. The summed E-state index contributed by atoms with van der Waals surface area (Å²) in [6.07, 6.45) is 0. The molecule has 0 atom stereocenters. The fraction of sp³-hybridized carbons (Fsp3) is 0.278. The Kier molecular flexibility index (Phi) is 5.83. The Morgan fingerprint density at radius 3 is 2.38 bits per heavy atom. The van der Waals surface area contributed by atoms with Crippen molar-refractivity contribution in [3.05, 3.63) is 71.3 Å². The van der Waals surface area contributed by atoms with Gasteiger partial charge in [-0.05, 0) is 30.5 Å². The van der Waals surface area contributed by atoms with E-state index in [1.54, 1.807) is 0 Å². The van der Waals surface area contributed by atoms with Crippen molar-refractivity contribution in [3.63, 3.8) is 0 Å². The molecule has 0 amide bonds. The first-order valence-electron chi connectivity index (χ1n) is 7.40. The molecule has 21 heavy (non-hydrogen) atoms. The molecule has 0 bridgehead atoms. The number of rotatable bonds is 5. The predicted octanol–water partition coefficient (Wildman–Crippen LogP) is 3.25. The molecule has 0 aliphatic heterocycles. The summed E-state index contributed by atoms with van der Waals surface area (Å²) in [5.41, 5.74) is 3.80. The molecule has 2 aromatic rings. The highest BCUT2D eigenvalue weighted by molar-refractivity contribution is 5.79. The van der Waals surface area contributed by atoms with Gasteiger partial charge in [0.1, 0.15) is 0 Å². The van der Waals surface area contributed by atoms with Gasteiger partial charge in [-0.3, -0.25) is 0 Å². The third-order valence-corrected chi connectivity index (χ3v) is 3.31. The van der Waals surface area contributed by atoms with Crippen molar-refractivity contribution in [2.75, 3.05) is 6.54 Å². The molecular formula is C18H23N3. The van der Waals surface area contributed by atoms with Gasteiger partial charge in [0, 0.05) is 13.1 Å². The van der Waals surface area contributed by atoms with E-state index >= 15 is 0 Å². The molecule has 2 N–H and O–H groups in total. The molecule has 0 unspecified atom stereocenters. The van der Waals surface area contributed by atoms with Crippen molar-refractivity contribution in [3.8, 4) is 0 Å². The van der Waals surface area contributed by atoms with Gasteiger partial charge in [0.2, 0.25) is 0 Å². The van der Waals surface area contributed by atoms with Gasteiger partial charge in [-0.25, -0.2) is 4.99 Å². The van der Waals surface area contributed by atoms with Crippen LogP contribution in [-0.2, 0) is 13.1 Å². The van der Waals surface area contributed by atoms with Crippen LogP contribution >= 0.6 is 0 Å². The first-order valence-corrected chi connectivity index (χ1v) is 7.40. The Labute approximate surface area is 127 Å².